The minimum atomic E-state index is 0. The van der Waals surface area contributed by atoms with E-state index in [2.05, 4.69) is 43.1 Å². The van der Waals surface area contributed by atoms with Gasteiger partial charge in [-0.05, 0) is 44.6 Å². The van der Waals surface area contributed by atoms with Crippen LogP contribution in [0.3, 0.4) is 0 Å². The van der Waals surface area contributed by atoms with Crippen molar-refractivity contribution in [3.63, 3.8) is 0 Å². The van der Waals surface area contributed by atoms with Crippen LogP contribution in [0.25, 0.3) is 0 Å². The summed E-state index contributed by atoms with van der Waals surface area (Å²) in [5.41, 5.74) is 9.53. The summed E-state index contributed by atoms with van der Waals surface area (Å²) >= 11 is 0. The van der Waals surface area contributed by atoms with Crippen molar-refractivity contribution in [3.8, 4) is 0 Å². The van der Waals surface area contributed by atoms with Crippen molar-refractivity contribution in [1.29, 1.82) is 0 Å². The molecule has 0 atom stereocenters. The number of nitrogens with zero attached hydrogens (tertiary/aromatic N) is 3. The molecule has 0 bridgehead atoms. The fraction of sp³-hybridized carbons (Fsp3) is 0.733. The number of nitrogens with two attached hydrogens (primary N) is 1. The van der Waals surface area contributed by atoms with Crippen LogP contribution in [0, 0.1) is 19.8 Å². The quantitative estimate of drug-likeness (QED) is 0.316. The fourth-order valence-corrected chi connectivity index (χ4v) is 2.18. The maximum atomic E-state index is 5.83. The van der Waals surface area contributed by atoms with Crippen LogP contribution in [0.2, 0.25) is 0 Å². The Morgan fingerprint density at radius 3 is 2.57 bits per heavy atom. The van der Waals surface area contributed by atoms with E-state index in [1.165, 1.54) is 11.3 Å². The van der Waals surface area contributed by atoms with Crippen LogP contribution in [0.4, 0.5) is 0 Å². The first-order valence-electron chi connectivity index (χ1n) is 7.44. The highest BCUT2D eigenvalue weighted by Crippen LogP contribution is 2.13. The van der Waals surface area contributed by atoms with Crippen molar-refractivity contribution in [2.24, 2.45) is 23.7 Å². The summed E-state index contributed by atoms with van der Waals surface area (Å²) in [6, 6.07) is 0. The van der Waals surface area contributed by atoms with Gasteiger partial charge in [0.2, 0.25) is 0 Å². The average molecular weight is 407 g/mol. The molecule has 0 saturated heterocycles. The second kappa shape index (κ2) is 10.0. The third kappa shape index (κ3) is 7.15. The van der Waals surface area contributed by atoms with E-state index in [1.807, 2.05) is 11.7 Å². The van der Waals surface area contributed by atoms with E-state index in [4.69, 9.17) is 5.73 Å². The van der Waals surface area contributed by atoms with Gasteiger partial charge in [0.05, 0.1) is 5.69 Å². The monoisotopic (exact) mass is 407 g/mol. The largest absolute Gasteiger partial charge is 0.370 e. The Hall–Kier alpha value is -0.790. The lowest BCUT2D eigenvalue weighted by Gasteiger charge is -2.07. The minimum Gasteiger partial charge on any atom is -0.370 e. The number of hydrogen-bond acceptors (Lipinski definition) is 2. The Bertz CT molecular complexity index is 451. The average Bonchev–Trinajstić information content (AvgIpc) is 2.59. The number of aryl methyl sites for hydroxylation is 2. The maximum absolute atomic E-state index is 5.83. The first-order chi connectivity index (χ1) is 9.41. The smallest absolute Gasteiger partial charge is 0.188 e. The van der Waals surface area contributed by atoms with Gasteiger partial charge < -0.3 is 11.1 Å². The fourth-order valence-electron chi connectivity index (χ4n) is 2.18. The summed E-state index contributed by atoms with van der Waals surface area (Å²) in [5, 5.41) is 7.58. The molecule has 0 unspecified atom stereocenters. The second-order valence-electron chi connectivity index (χ2n) is 5.75. The van der Waals surface area contributed by atoms with Gasteiger partial charge in [0, 0.05) is 25.8 Å². The zero-order chi connectivity index (χ0) is 15.1. The first kappa shape index (κ1) is 20.2. The number of halogens is 1. The summed E-state index contributed by atoms with van der Waals surface area (Å²) in [6.07, 6.45) is 3.12. The standard InChI is InChI=1S/C15H29N5.HI/c1-11(2)8-10-18-15(16)17-9-6-7-14-12(3)19-20(5)13(14)4;/h11H,6-10H2,1-5H3,(H3,16,17,18);1H. The van der Waals surface area contributed by atoms with Crippen molar-refractivity contribution in [1.82, 2.24) is 15.1 Å². The predicted molar refractivity (Wildman–Crippen MR) is 100 cm³/mol. The summed E-state index contributed by atoms with van der Waals surface area (Å²) in [7, 11) is 1.99. The van der Waals surface area contributed by atoms with E-state index >= 15 is 0 Å². The van der Waals surface area contributed by atoms with Gasteiger partial charge in [-0.1, -0.05) is 13.8 Å². The summed E-state index contributed by atoms with van der Waals surface area (Å²) < 4.78 is 1.94. The SMILES string of the molecule is Cc1nn(C)c(C)c1CCCN=C(N)NCCC(C)C.I. The molecule has 6 heteroatoms. The lowest BCUT2D eigenvalue weighted by atomic mass is 10.1. The number of rotatable bonds is 7. The van der Waals surface area contributed by atoms with Gasteiger partial charge in [-0.25, -0.2) is 0 Å². The van der Waals surface area contributed by atoms with Crippen LogP contribution in [0.1, 0.15) is 43.6 Å². The van der Waals surface area contributed by atoms with Crippen LogP contribution >= 0.6 is 24.0 Å². The van der Waals surface area contributed by atoms with Gasteiger partial charge in [0.25, 0.3) is 0 Å². The van der Waals surface area contributed by atoms with E-state index in [9.17, 15) is 0 Å². The molecule has 1 rings (SSSR count). The molecule has 0 radical (unpaired) electrons. The predicted octanol–water partition coefficient (Wildman–Crippen LogP) is 2.54. The van der Waals surface area contributed by atoms with Crippen molar-refractivity contribution in [2.75, 3.05) is 13.1 Å². The molecule has 1 aromatic rings. The van der Waals surface area contributed by atoms with Gasteiger partial charge >= 0.3 is 0 Å². The third-order valence-electron chi connectivity index (χ3n) is 3.55. The molecule has 1 aromatic heterocycles. The van der Waals surface area contributed by atoms with Crippen LogP contribution < -0.4 is 11.1 Å². The highest BCUT2D eigenvalue weighted by atomic mass is 127. The number of hydrogen-bond donors (Lipinski definition) is 2. The van der Waals surface area contributed by atoms with Gasteiger partial charge in [-0.3, -0.25) is 9.67 Å². The van der Waals surface area contributed by atoms with Crippen molar-refractivity contribution < 1.29 is 0 Å². The van der Waals surface area contributed by atoms with Crippen molar-refractivity contribution in [3.05, 3.63) is 17.0 Å². The minimum absolute atomic E-state index is 0. The van der Waals surface area contributed by atoms with E-state index in [0.29, 0.717) is 11.9 Å². The van der Waals surface area contributed by atoms with Crippen molar-refractivity contribution in [2.45, 2.75) is 47.0 Å². The zero-order valence-corrected chi connectivity index (χ0v) is 16.3. The molecule has 3 N–H and O–H groups in total. The lowest BCUT2D eigenvalue weighted by Crippen LogP contribution is -2.33. The van der Waals surface area contributed by atoms with E-state index in [1.54, 1.807) is 0 Å². The van der Waals surface area contributed by atoms with E-state index < -0.39 is 0 Å². The molecule has 0 fully saturated rings. The lowest BCUT2D eigenvalue weighted by molar-refractivity contribution is 0.576. The Kier molecular flexibility index (Phi) is 9.65. The molecule has 0 aromatic carbocycles. The van der Waals surface area contributed by atoms with Gasteiger partial charge in [-0.15, -0.1) is 24.0 Å². The molecule has 0 aliphatic heterocycles. The van der Waals surface area contributed by atoms with E-state index in [0.717, 1.165) is 38.0 Å². The van der Waals surface area contributed by atoms with Crippen molar-refractivity contribution >= 4 is 29.9 Å². The molecule has 122 valence electrons. The van der Waals surface area contributed by atoms with E-state index in [-0.39, 0.29) is 24.0 Å². The number of aromatic nitrogens is 2. The van der Waals surface area contributed by atoms with Crippen LogP contribution in [0.15, 0.2) is 4.99 Å². The molecule has 0 aliphatic carbocycles. The molecule has 21 heavy (non-hydrogen) atoms. The Balaban J connectivity index is 0.00000400. The first-order valence-corrected chi connectivity index (χ1v) is 7.44. The topological polar surface area (TPSA) is 68.2 Å². The van der Waals surface area contributed by atoms with Crippen LogP contribution in [-0.4, -0.2) is 28.8 Å². The summed E-state index contributed by atoms with van der Waals surface area (Å²) in [6.45, 7) is 10.2. The molecule has 0 aliphatic rings. The molecule has 5 nitrogen and oxygen atoms in total. The molecule has 0 amide bonds. The Labute approximate surface area is 145 Å². The Morgan fingerprint density at radius 1 is 1.38 bits per heavy atom. The van der Waals surface area contributed by atoms with Crippen LogP contribution in [-0.2, 0) is 13.5 Å². The van der Waals surface area contributed by atoms with Gasteiger partial charge in [0.15, 0.2) is 5.96 Å². The normalized spacial score (nSPS) is 11.6. The molecule has 0 spiro atoms. The summed E-state index contributed by atoms with van der Waals surface area (Å²) in [4.78, 5) is 4.36. The summed E-state index contributed by atoms with van der Waals surface area (Å²) in [5.74, 6) is 1.25. The van der Waals surface area contributed by atoms with Gasteiger partial charge in [-0.2, -0.15) is 5.10 Å². The highest BCUT2D eigenvalue weighted by Gasteiger charge is 2.08. The molecular weight excluding hydrogens is 377 g/mol. The number of aliphatic imine (C=N–C) groups is 1. The third-order valence-corrected chi connectivity index (χ3v) is 3.55. The maximum Gasteiger partial charge on any atom is 0.188 e. The zero-order valence-electron chi connectivity index (χ0n) is 13.9. The molecular formula is C15H30IN5. The highest BCUT2D eigenvalue weighted by molar-refractivity contribution is 14.0. The molecule has 1 heterocycles. The number of guanidine groups is 1. The van der Waals surface area contributed by atoms with Crippen LogP contribution in [0.5, 0.6) is 0 Å². The Morgan fingerprint density at radius 2 is 2.05 bits per heavy atom. The van der Waals surface area contributed by atoms with Gasteiger partial charge in [0.1, 0.15) is 0 Å². The molecule has 0 saturated carbocycles. The second-order valence-corrected chi connectivity index (χ2v) is 5.75. The number of nitrogens with one attached hydrogen (secondary N) is 1.